The van der Waals surface area contributed by atoms with Crippen LogP contribution in [-0.2, 0) is 0 Å². The van der Waals surface area contributed by atoms with Crippen molar-refractivity contribution in [1.29, 1.82) is 0 Å². The maximum Gasteiger partial charge on any atom is 0.0632 e. The molecule has 0 saturated carbocycles. The van der Waals surface area contributed by atoms with Crippen LogP contribution in [0.2, 0.25) is 0 Å². The Bertz CT molecular complexity index is 5780. The van der Waals surface area contributed by atoms with Crippen molar-refractivity contribution in [2.24, 2.45) is 0 Å². The fourth-order valence-electron chi connectivity index (χ4n) is 9.72. The third-order valence-electron chi connectivity index (χ3n) is 14.9. The topological polar surface area (TPSA) is 0 Å². The second-order valence-corrected chi connectivity index (χ2v) is 23.7. The first kappa shape index (κ1) is 46.3. The molecule has 0 fully saturated rings. The van der Waals surface area contributed by atoms with E-state index in [2.05, 4.69) is 125 Å². The highest BCUT2D eigenvalue weighted by Crippen LogP contribution is 2.28. The van der Waals surface area contributed by atoms with E-state index < -0.39 is 0 Å². The summed E-state index contributed by atoms with van der Waals surface area (Å²) in [7, 11) is 0. The minimum atomic E-state index is -0.358. The summed E-state index contributed by atoms with van der Waals surface area (Å²) in [6, 6.07) is 62.4. The van der Waals surface area contributed by atoms with Crippen molar-refractivity contribution < 1.29 is 32.9 Å². The molecule has 14 rings (SSSR count). The third kappa shape index (κ3) is 23.8. The first-order valence-electron chi connectivity index (χ1n) is 44.3. The third-order valence-corrected chi connectivity index (χ3v) is 14.9. The number of hydrogen-bond acceptors (Lipinski definition) is 0. The molecule has 0 aliphatic heterocycles. The minimum Gasteiger partial charge on any atom is -0.0620 e. The summed E-state index contributed by atoms with van der Waals surface area (Å²) in [6.45, 7) is 25.9. The van der Waals surface area contributed by atoms with Crippen LogP contribution in [0.3, 0.4) is 0 Å². The van der Waals surface area contributed by atoms with Gasteiger partial charge in [-0.25, -0.2) is 0 Å². The van der Waals surface area contributed by atoms with Gasteiger partial charge in [-0.1, -0.05) is 406 Å². The quantitative estimate of drug-likeness (QED) is 0.149. The van der Waals surface area contributed by atoms with Crippen LogP contribution in [0.25, 0.3) is 77.9 Å². The number of hydrogen-bond donors (Lipinski definition) is 0. The summed E-state index contributed by atoms with van der Waals surface area (Å²) >= 11 is 0. The average molecular weight is 1300 g/mol. The highest BCUT2D eigenvalue weighted by atomic mass is 14.1. The molecule has 0 N–H and O–H groups in total. The van der Waals surface area contributed by atoms with E-state index in [1.807, 2.05) is 77.9 Å². The monoisotopic (exact) mass is 1300 g/mol. The van der Waals surface area contributed by atoms with Gasteiger partial charge in [0.1, 0.15) is 0 Å². The fourth-order valence-corrected chi connectivity index (χ4v) is 9.72. The van der Waals surface area contributed by atoms with Gasteiger partial charge in [-0.15, -0.1) is 0 Å². The molecule has 0 aromatic heterocycles. The Morgan fingerprint density at radius 2 is 0.429 bits per heavy atom. The minimum absolute atomic E-state index is 0.00151. The molecule has 0 aliphatic carbocycles. The van der Waals surface area contributed by atoms with Gasteiger partial charge in [0.05, 0.1) is 32.9 Å². The second-order valence-electron chi connectivity index (χ2n) is 23.7. The van der Waals surface area contributed by atoms with E-state index in [-0.39, 0.29) is 154 Å². The van der Waals surface area contributed by atoms with Gasteiger partial charge in [-0.2, -0.15) is 0 Å². The van der Waals surface area contributed by atoms with Crippen molar-refractivity contribution in [2.75, 3.05) is 0 Å². The molecule has 0 atom stereocenters. The summed E-state index contributed by atoms with van der Waals surface area (Å²) in [6.07, 6.45) is 0. The standard InChI is InChI=1S/7C14H14/c2*1-11-3-7-13(8-4-11)14-9-5-12(2)6-10-14;4*1-11-5-3-7-13(9-11)14-8-4-6-12(2)10-14;1-11-7-3-5-9-13(11)14-10-6-4-8-12(14)2/h7*3-10H,1-2H3/i3D,4D,5D,6D,7D,8D,9D,10D;7D,8D,9D,10D;5D,6D,7D,8D,9D,10D;5D,6D,7D,8D;5D,6D;;. The van der Waals surface area contributed by atoms with Crippen LogP contribution in [0.4, 0.5) is 0 Å². The van der Waals surface area contributed by atoms with Gasteiger partial charge >= 0.3 is 0 Å². The van der Waals surface area contributed by atoms with E-state index in [1.165, 1.54) is 82.6 Å². The lowest BCUT2D eigenvalue weighted by molar-refractivity contribution is 1.41. The number of rotatable bonds is 7. The Morgan fingerprint density at radius 3 is 0.755 bits per heavy atom. The van der Waals surface area contributed by atoms with Crippen molar-refractivity contribution in [3.63, 3.8) is 0 Å². The molecule has 0 aliphatic rings. The Kier molecular flexibility index (Phi) is 17.7. The molecule has 490 valence electrons. The van der Waals surface area contributed by atoms with Crippen LogP contribution in [0.15, 0.2) is 339 Å². The average Bonchev–Trinajstić information content (AvgIpc) is 0.753. The summed E-state index contributed by atoms with van der Waals surface area (Å²) < 4.78 is 189. The molecule has 0 heterocycles. The second kappa shape index (κ2) is 37.4. The van der Waals surface area contributed by atoms with Gasteiger partial charge < -0.3 is 0 Å². The van der Waals surface area contributed by atoms with Gasteiger partial charge in [-0.05, 0) is 186 Å². The largest absolute Gasteiger partial charge is 0.0632 e. The van der Waals surface area contributed by atoms with E-state index >= 15 is 0 Å². The molecule has 0 nitrogen and oxygen atoms in total. The first-order valence-corrected chi connectivity index (χ1v) is 32.3. The Balaban J connectivity index is 0.000000178. The molecule has 14 aromatic carbocycles. The van der Waals surface area contributed by atoms with Crippen LogP contribution in [-0.4, -0.2) is 0 Å². The summed E-state index contributed by atoms with van der Waals surface area (Å²) in [5.41, 5.74) is 21.2. The molecular formula is C98H98. The molecular weight excluding hydrogens is 1180 g/mol. The predicted octanol–water partition coefficient (Wildman–Crippen LogP) is 27.8. The lowest BCUT2D eigenvalue weighted by atomic mass is 9.97. The molecule has 0 amide bonds. The van der Waals surface area contributed by atoms with Crippen LogP contribution < -0.4 is 0 Å². The molecule has 14 aromatic rings. The summed E-state index contributed by atoms with van der Waals surface area (Å²) in [5, 5.41) is 0. The summed E-state index contributed by atoms with van der Waals surface area (Å²) in [4.78, 5) is 0. The lowest BCUT2D eigenvalue weighted by Crippen LogP contribution is -1.85. The zero-order valence-corrected chi connectivity index (χ0v) is 58.5. The normalized spacial score (nSPS) is 13.6. The van der Waals surface area contributed by atoms with Crippen molar-refractivity contribution >= 4 is 0 Å². The zero-order chi connectivity index (χ0) is 90.6. The van der Waals surface area contributed by atoms with Gasteiger partial charge in [0.2, 0.25) is 0 Å². The molecule has 0 unspecified atom stereocenters. The maximum absolute atomic E-state index is 8.08. The van der Waals surface area contributed by atoms with Crippen molar-refractivity contribution in [1.82, 2.24) is 0 Å². The van der Waals surface area contributed by atoms with Gasteiger partial charge in [0.15, 0.2) is 0 Å². The van der Waals surface area contributed by atoms with Crippen LogP contribution >= 0.6 is 0 Å². The highest BCUT2D eigenvalue weighted by Gasteiger charge is 2.05. The van der Waals surface area contributed by atoms with Crippen molar-refractivity contribution in [2.45, 2.75) is 96.9 Å². The van der Waals surface area contributed by atoms with Crippen molar-refractivity contribution in [3.05, 3.63) is 417 Å². The molecule has 0 bridgehead atoms. The van der Waals surface area contributed by atoms with Gasteiger partial charge in [-0.3, -0.25) is 0 Å². The van der Waals surface area contributed by atoms with E-state index in [0.717, 1.165) is 44.5 Å². The van der Waals surface area contributed by atoms with Gasteiger partial charge in [0, 0.05) is 0 Å². The van der Waals surface area contributed by atoms with Crippen LogP contribution in [0.1, 0.15) is 111 Å². The molecule has 0 saturated heterocycles. The smallest absolute Gasteiger partial charge is 0.0620 e. The predicted molar refractivity (Wildman–Crippen MR) is 429 cm³/mol. The molecule has 0 heteroatoms. The van der Waals surface area contributed by atoms with E-state index in [1.54, 1.807) is 50.2 Å². The lowest BCUT2D eigenvalue weighted by Gasteiger charge is -2.08. The maximum atomic E-state index is 8.08. The van der Waals surface area contributed by atoms with Crippen LogP contribution in [0.5, 0.6) is 0 Å². The fraction of sp³-hybridized carbons (Fsp3) is 0.143. The number of benzene rings is 14. The summed E-state index contributed by atoms with van der Waals surface area (Å²) in [5.74, 6) is 0. The van der Waals surface area contributed by atoms with Gasteiger partial charge in [0.25, 0.3) is 0 Å². The van der Waals surface area contributed by atoms with Crippen LogP contribution in [0, 0.1) is 96.9 Å². The number of aryl methyl sites for hydroxylation is 10. The molecule has 0 radical (unpaired) electrons. The molecule has 0 spiro atoms. The van der Waals surface area contributed by atoms with E-state index in [9.17, 15) is 0 Å². The van der Waals surface area contributed by atoms with Crippen molar-refractivity contribution in [3.8, 4) is 77.9 Å². The Morgan fingerprint density at radius 1 is 0.153 bits per heavy atom. The highest BCUT2D eigenvalue weighted by molar-refractivity contribution is 5.71. The Labute approximate surface area is 622 Å². The SMILES string of the molecule is Cc1cccc(-c2cccc(C)c2)c1.Cc1ccccc1-c1ccccc1C.[2H]c1c([2H])c(-c2c([2H])c([2H])c(C)c([2H])c2[2H])c([2H])c([2H])c1C.[2H]c1cc(C)cc([2H])c1-c1c([2H])cc(C)cc1[2H].[2H]c1cc([2H])c(-c2c([2H])cc([2H])c(C)c2[2H])c([2H])c1C.[2H]c1cc([2H])c(-c2cc(C)c([2H])cc2[2H])cc1C.[2H]c1ccc(-c2ccc([2H])c(C)c2)cc1C. The zero-order valence-electron chi connectivity index (χ0n) is 82.5. The molecule has 98 heavy (non-hydrogen) atoms. The van der Waals surface area contributed by atoms with E-state index in [4.69, 9.17) is 32.9 Å². The first-order chi connectivity index (χ1) is 57.3. The Hall–Kier alpha value is -10.9. The van der Waals surface area contributed by atoms with E-state index in [0.29, 0.717) is 57.6 Å².